The number of rotatable bonds is 3. The quantitative estimate of drug-likeness (QED) is 0.852. The maximum Gasteiger partial charge on any atom is 0.0561 e. The second-order valence-corrected chi connectivity index (χ2v) is 6.93. The van der Waals surface area contributed by atoms with Gasteiger partial charge in [-0.05, 0) is 32.3 Å². The summed E-state index contributed by atoms with van der Waals surface area (Å²) in [5.41, 5.74) is 1.89. The minimum Gasteiger partial charge on any atom is -0.308 e. The second kappa shape index (κ2) is 5.94. The van der Waals surface area contributed by atoms with Gasteiger partial charge in [-0.25, -0.2) is 0 Å². The summed E-state index contributed by atoms with van der Waals surface area (Å²) in [4.78, 5) is 2.68. The first-order valence-corrected chi connectivity index (χ1v) is 8.35. The maximum absolute atomic E-state index is 3.92. The Kier molecular flexibility index (Phi) is 4.19. The normalized spacial score (nSPS) is 29.4. The van der Waals surface area contributed by atoms with Crippen LogP contribution in [0.15, 0.2) is 42.5 Å². The topological polar surface area (TPSA) is 15.3 Å². The molecule has 3 rings (SSSR count). The first kappa shape index (κ1) is 14.8. The van der Waals surface area contributed by atoms with Crippen LogP contribution in [0.1, 0.15) is 45.1 Å². The molecule has 1 unspecified atom stereocenters. The Hall–Kier alpha value is -1.12. The van der Waals surface area contributed by atoms with Crippen LogP contribution in [0.25, 0.3) is 0 Å². The van der Waals surface area contributed by atoms with Crippen molar-refractivity contribution in [1.82, 2.24) is 10.2 Å². The van der Waals surface area contributed by atoms with Gasteiger partial charge in [0.15, 0.2) is 0 Å². The molecule has 2 aliphatic rings. The van der Waals surface area contributed by atoms with Crippen molar-refractivity contribution in [1.29, 1.82) is 0 Å². The highest BCUT2D eigenvalue weighted by molar-refractivity contribution is 5.26. The van der Waals surface area contributed by atoms with E-state index in [1.807, 2.05) is 0 Å². The van der Waals surface area contributed by atoms with Crippen molar-refractivity contribution < 1.29 is 0 Å². The van der Waals surface area contributed by atoms with Gasteiger partial charge in [0.05, 0.1) is 5.54 Å². The number of piperazine rings is 1. The van der Waals surface area contributed by atoms with Crippen molar-refractivity contribution in [3.05, 3.63) is 48.0 Å². The summed E-state index contributed by atoms with van der Waals surface area (Å²) in [6, 6.07) is 11.0. The minimum absolute atomic E-state index is 0.0919. The summed E-state index contributed by atoms with van der Waals surface area (Å²) < 4.78 is 0. The molecule has 1 aliphatic carbocycles. The lowest BCUT2D eigenvalue weighted by atomic mass is 9.82. The van der Waals surface area contributed by atoms with Crippen LogP contribution in [0.3, 0.4) is 0 Å². The fraction of sp³-hybridized carbons (Fsp3) is 0.579. The van der Waals surface area contributed by atoms with Crippen molar-refractivity contribution in [3.8, 4) is 0 Å². The lowest BCUT2D eigenvalue weighted by Crippen LogP contribution is -2.66. The van der Waals surface area contributed by atoms with Crippen LogP contribution in [-0.4, -0.2) is 30.1 Å². The molecule has 1 heterocycles. The van der Waals surface area contributed by atoms with Crippen molar-refractivity contribution in [2.45, 2.75) is 50.6 Å². The number of nitrogens with one attached hydrogen (secondary N) is 1. The fourth-order valence-corrected chi connectivity index (χ4v) is 4.03. The van der Waals surface area contributed by atoms with E-state index in [1.54, 1.807) is 0 Å². The van der Waals surface area contributed by atoms with E-state index in [0.717, 1.165) is 13.1 Å². The second-order valence-electron chi connectivity index (χ2n) is 6.93. The Balaban J connectivity index is 1.88. The molecular formula is C19H28N2. The zero-order valence-electron chi connectivity index (χ0n) is 13.4. The largest absolute Gasteiger partial charge is 0.308 e. The van der Waals surface area contributed by atoms with Gasteiger partial charge in [-0.1, -0.05) is 55.3 Å². The van der Waals surface area contributed by atoms with Crippen molar-refractivity contribution >= 4 is 0 Å². The third kappa shape index (κ3) is 2.79. The van der Waals surface area contributed by atoms with Crippen molar-refractivity contribution in [2.75, 3.05) is 19.6 Å². The van der Waals surface area contributed by atoms with Crippen LogP contribution in [0.5, 0.6) is 0 Å². The highest BCUT2D eigenvalue weighted by atomic mass is 15.3. The summed E-state index contributed by atoms with van der Waals surface area (Å²) >= 11 is 0. The van der Waals surface area contributed by atoms with Gasteiger partial charge >= 0.3 is 0 Å². The zero-order valence-corrected chi connectivity index (χ0v) is 13.4. The van der Waals surface area contributed by atoms with Gasteiger partial charge in [-0.3, -0.25) is 4.90 Å². The van der Waals surface area contributed by atoms with Crippen molar-refractivity contribution in [2.24, 2.45) is 0 Å². The van der Waals surface area contributed by atoms with Crippen LogP contribution < -0.4 is 5.32 Å². The molecule has 1 aromatic rings. The van der Waals surface area contributed by atoms with Crippen molar-refractivity contribution in [3.63, 3.8) is 0 Å². The Bertz CT molecular complexity index is 488. The summed E-state index contributed by atoms with van der Waals surface area (Å²) in [6.45, 7) is 7.77. The van der Waals surface area contributed by atoms with E-state index in [9.17, 15) is 0 Å². The first-order valence-electron chi connectivity index (χ1n) is 8.35. The molecule has 1 N–H and O–H groups in total. The van der Waals surface area contributed by atoms with Gasteiger partial charge in [0.25, 0.3) is 0 Å². The predicted molar refractivity (Wildman–Crippen MR) is 89.4 cm³/mol. The van der Waals surface area contributed by atoms with E-state index in [1.165, 1.54) is 37.8 Å². The molecule has 1 aromatic carbocycles. The van der Waals surface area contributed by atoms with E-state index in [2.05, 4.69) is 66.5 Å². The smallest absolute Gasteiger partial charge is 0.0561 e. The summed E-state index contributed by atoms with van der Waals surface area (Å²) in [5.74, 6) is 0. The average Bonchev–Trinajstić information content (AvgIpc) is 2.98. The van der Waals surface area contributed by atoms with Crippen LogP contribution in [-0.2, 0) is 5.54 Å². The predicted octanol–water partition coefficient (Wildman–Crippen LogP) is 3.70. The number of hydrogen-bond donors (Lipinski definition) is 1. The van der Waals surface area contributed by atoms with Gasteiger partial charge in [0.1, 0.15) is 0 Å². The van der Waals surface area contributed by atoms with E-state index in [-0.39, 0.29) is 5.54 Å². The van der Waals surface area contributed by atoms with Crippen LogP contribution in [0.4, 0.5) is 0 Å². The summed E-state index contributed by atoms with van der Waals surface area (Å²) in [7, 11) is 0. The minimum atomic E-state index is 0.0919. The highest BCUT2D eigenvalue weighted by Crippen LogP contribution is 2.39. The van der Waals surface area contributed by atoms with Gasteiger partial charge in [-0.15, -0.1) is 0 Å². The SMILES string of the molecule is C/C=C/CN1CC2(CCCC2)NCC1(C)c1ccccc1. The first-order chi connectivity index (χ1) is 10.2. The molecule has 1 aliphatic heterocycles. The molecule has 2 nitrogen and oxygen atoms in total. The number of benzene rings is 1. The third-order valence-electron chi connectivity index (χ3n) is 5.52. The van der Waals surface area contributed by atoms with E-state index in [0.29, 0.717) is 5.54 Å². The monoisotopic (exact) mass is 284 g/mol. The summed E-state index contributed by atoms with van der Waals surface area (Å²) in [6.07, 6.45) is 9.91. The summed E-state index contributed by atoms with van der Waals surface area (Å²) in [5, 5.41) is 3.92. The van der Waals surface area contributed by atoms with Gasteiger partial charge in [0, 0.05) is 25.2 Å². The van der Waals surface area contributed by atoms with E-state index in [4.69, 9.17) is 0 Å². The number of allylic oxidation sites excluding steroid dienone is 1. The third-order valence-corrected chi connectivity index (χ3v) is 5.52. The van der Waals surface area contributed by atoms with Gasteiger partial charge in [0.2, 0.25) is 0 Å². The Morgan fingerprint density at radius 2 is 1.90 bits per heavy atom. The lowest BCUT2D eigenvalue weighted by Gasteiger charge is -2.52. The molecule has 1 atom stereocenters. The van der Waals surface area contributed by atoms with Crippen LogP contribution >= 0.6 is 0 Å². The molecule has 114 valence electrons. The molecule has 0 amide bonds. The van der Waals surface area contributed by atoms with Crippen LogP contribution in [0, 0.1) is 0 Å². The Labute approximate surface area is 129 Å². The fourth-order valence-electron chi connectivity index (χ4n) is 4.03. The molecule has 1 saturated heterocycles. The molecule has 0 bridgehead atoms. The van der Waals surface area contributed by atoms with E-state index < -0.39 is 0 Å². The Morgan fingerprint density at radius 1 is 1.19 bits per heavy atom. The Morgan fingerprint density at radius 3 is 2.57 bits per heavy atom. The van der Waals surface area contributed by atoms with Gasteiger partial charge in [-0.2, -0.15) is 0 Å². The average molecular weight is 284 g/mol. The highest BCUT2D eigenvalue weighted by Gasteiger charge is 2.46. The molecule has 0 radical (unpaired) electrons. The molecule has 1 saturated carbocycles. The standard InChI is InChI=1S/C19H28N2/c1-3-4-14-21-16-19(12-8-9-13-19)20-15-18(21,2)17-10-6-5-7-11-17/h3-7,10-11,20H,8-9,12-16H2,1-2H3/b4-3+. The lowest BCUT2D eigenvalue weighted by molar-refractivity contribution is 0.0237. The molecular weight excluding hydrogens is 256 g/mol. The number of nitrogens with zero attached hydrogens (tertiary/aromatic N) is 1. The molecule has 1 spiro atoms. The van der Waals surface area contributed by atoms with Gasteiger partial charge < -0.3 is 5.32 Å². The van der Waals surface area contributed by atoms with Crippen LogP contribution in [0.2, 0.25) is 0 Å². The van der Waals surface area contributed by atoms with E-state index >= 15 is 0 Å². The molecule has 2 fully saturated rings. The molecule has 0 aromatic heterocycles. The maximum atomic E-state index is 3.92. The molecule has 21 heavy (non-hydrogen) atoms. The molecule has 2 heteroatoms. The zero-order chi connectivity index (χ0) is 14.8. The number of hydrogen-bond acceptors (Lipinski definition) is 2.